The second-order valence-corrected chi connectivity index (χ2v) is 7.58. The van der Waals surface area contributed by atoms with Crippen LogP contribution in [0, 0.1) is 6.92 Å². The topological polar surface area (TPSA) is 58.4 Å². The summed E-state index contributed by atoms with van der Waals surface area (Å²) in [5.74, 6) is 0.403. The molecule has 1 amide bonds. The fourth-order valence-electron chi connectivity index (χ4n) is 3.68. The van der Waals surface area contributed by atoms with Crippen LogP contribution in [0.5, 0.6) is 0 Å². The molecule has 2 heterocycles. The van der Waals surface area contributed by atoms with E-state index < -0.39 is 6.04 Å². The largest absolute Gasteiger partial charge is 0.358 e. The number of likely N-dealkylation sites (N-methyl/N-ethyl adjacent to an activating group) is 1. The molecule has 1 aliphatic heterocycles. The van der Waals surface area contributed by atoms with Crippen LogP contribution in [0.25, 0.3) is 0 Å². The monoisotopic (exact) mass is 334 g/mol. The van der Waals surface area contributed by atoms with E-state index in [-0.39, 0.29) is 16.9 Å². The van der Waals surface area contributed by atoms with Crippen molar-refractivity contribution >= 4 is 11.7 Å². The van der Waals surface area contributed by atoms with E-state index >= 15 is 0 Å². The first kappa shape index (κ1) is 18.5. The van der Waals surface area contributed by atoms with Gasteiger partial charge in [-0.3, -0.25) is 14.2 Å². The first-order chi connectivity index (χ1) is 11.1. The van der Waals surface area contributed by atoms with Crippen molar-refractivity contribution < 1.29 is 4.79 Å². The van der Waals surface area contributed by atoms with Crippen LogP contribution in [0.15, 0.2) is 4.79 Å². The lowest BCUT2D eigenvalue weighted by Gasteiger charge is -2.31. The van der Waals surface area contributed by atoms with Gasteiger partial charge in [-0.15, -0.1) is 0 Å². The molecule has 1 atom stereocenters. The highest BCUT2D eigenvalue weighted by Gasteiger charge is 2.37. The van der Waals surface area contributed by atoms with Crippen molar-refractivity contribution in [1.82, 2.24) is 14.5 Å². The molecule has 1 aliphatic rings. The number of hydrogen-bond acceptors (Lipinski definition) is 4. The molecule has 0 aliphatic carbocycles. The van der Waals surface area contributed by atoms with Gasteiger partial charge in [-0.2, -0.15) is 0 Å². The predicted octanol–water partition coefficient (Wildman–Crippen LogP) is 2.10. The van der Waals surface area contributed by atoms with E-state index in [1.165, 1.54) is 0 Å². The van der Waals surface area contributed by atoms with Crippen molar-refractivity contribution in [2.75, 3.05) is 32.6 Å². The molecule has 0 N–H and O–H groups in total. The molecule has 134 valence electrons. The maximum absolute atomic E-state index is 13.2. The summed E-state index contributed by atoms with van der Waals surface area (Å²) >= 11 is 0. The van der Waals surface area contributed by atoms with Crippen LogP contribution in [0.1, 0.15) is 57.5 Å². The van der Waals surface area contributed by atoms with Crippen LogP contribution in [-0.4, -0.2) is 48.0 Å². The molecule has 2 rings (SSSR count). The fourth-order valence-corrected chi connectivity index (χ4v) is 3.68. The van der Waals surface area contributed by atoms with Gasteiger partial charge in [0.25, 0.3) is 5.56 Å². The fraction of sp³-hybridized carbons (Fsp3) is 0.722. The summed E-state index contributed by atoms with van der Waals surface area (Å²) in [6.45, 7) is 8.80. The molecule has 0 aromatic carbocycles. The summed E-state index contributed by atoms with van der Waals surface area (Å²) in [5, 5.41) is 0. The number of aromatic nitrogens is 2. The Balaban J connectivity index is 2.79. The minimum Gasteiger partial charge on any atom is -0.358 e. The zero-order chi connectivity index (χ0) is 18.2. The Labute approximate surface area is 144 Å². The van der Waals surface area contributed by atoms with Crippen LogP contribution in [-0.2, 0) is 10.2 Å². The number of carbonyl (C=O) groups is 1. The number of rotatable bonds is 3. The van der Waals surface area contributed by atoms with E-state index in [1.54, 1.807) is 21.4 Å². The summed E-state index contributed by atoms with van der Waals surface area (Å²) < 4.78 is 1.74. The third-order valence-corrected chi connectivity index (χ3v) is 5.06. The van der Waals surface area contributed by atoms with Gasteiger partial charge in [-0.05, 0) is 33.1 Å². The Morgan fingerprint density at radius 1 is 1.33 bits per heavy atom. The molecule has 0 spiro atoms. The first-order valence-electron chi connectivity index (χ1n) is 8.67. The van der Waals surface area contributed by atoms with E-state index in [0.29, 0.717) is 18.8 Å². The zero-order valence-corrected chi connectivity index (χ0v) is 16.0. The summed E-state index contributed by atoms with van der Waals surface area (Å²) in [7, 11) is 5.42. The maximum atomic E-state index is 13.2. The Hall–Kier alpha value is -1.85. The average Bonchev–Trinajstić information content (AvgIpc) is 2.65. The quantitative estimate of drug-likeness (QED) is 0.849. The summed E-state index contributed by atoms with van der Waals surface area (Å²) in [5.41, 5.74) is 1.39. The lowest BCUT2D eigenvalue weighted by molar-refractivity contribution is -0.133. The highest BCUT2D eigenvalue weighted by molar-refractivity contribution is 5.80. The molecular weight excluding hydrogens is 304 g/mol. The molecule has 0 fully saturated rings. The maximum Gasteiger partial charge on any atom is 0.294 e. The van der Waals surface area contributed by atoms with Gasteiger partial charge < -0.3 is 9.80 Å². The molecule has 6 nitrogen and oxygen atoms in total. The number of amides is 1. The van der Waals surface area contributed by atoms with E-state index in [0.717, 1.165) is 24.2 Å². The molecule has 6 heteroatoms. The molecule has 1 aromatic rings. The van der Waals surface area contributed by atoms with Gasteiger partial charge in [0.2, 0.25) is 5.91 Å². The molecule has 0 bridgehead atoms. The number of hydrogen-bond donors (Lipinski definition) is 0. The van der Waals surface area contributed by atoms with Crippen LogP contribution < -0.4 is 10.5 Å². The van der Waals surface area contributed by atoms with Gasteiger partial charge in [-0.25, -0.2) is 4.98 Å². The van der Waals surface area contributed by atoms with E-state index in [9.17, 15) is 9.59 Å². The van der Waals surface area contributed by atoms with E-state index in [1.807, 2.05) is 27.9 Å². The third kappa shape index (κ3) is 3.06. The predicted molar refractivity (Wildman–Crippen MR) is 96.8 cm³/mol. The van der Waals surface area contributed by atoms with Crippen LogP contribution >= 0.6 is 0 Å². The number of aryl methyl sites for hydroxylation is 1. The van der Waals surface area contributed by atoms with Crippen molar-refractivity contribution in [2.45, 2.75) is 58.4 Å². The second kappa shape index (κ2) is 6.57. The minimum atomic E-state index is -0.445. The smallest absolute Gasteiger partial charge is 0.294 e. The number of fused-ring (bicyclic) bond motifs is 1. The van der Waals surface area contributed by atoms with Crippen LogP contribution in [0.3, 0.4) is 0 Å². The van der Waals surface area contributed by atoms with Gasteiger partial charge in [0.15, 0.2) is 5.82 Å². The zero-order valence-electron chi connectivity index (χ0n) is 16.0. The third-order valence-electron chi connectivity index (χ3n) is 5.06. The van der Waals surface area contributed by atoms with E-state index in [2.05, 4.69) is 18.8 Å². The highest BCUT2D eigenvalue weighted by Crippen LogP contribution is 2.37. The Morgan fingerprint density at radius 2 is 1.96 bits per heavy atom. The van der Waals surface area contributed by atoms with Crippen LogP contribution in [0.2, 0.25) is 0 Å². The van der Waals surface area contributed by atoms with Gasteiger partial charge in [-0.1, -0.05) is 13.8 Å². The van der Waals surface area contributed by atoms with Crippen molar-refractivity contribution in [3.63, 3.8) is 0 Å². The molecule has 24 heavy (non-hydrogen) atoms. The molecule has 1 aromatic heterocycles. The standard InChI is InChI=1S/C18H30N4O2/c1-8-21(7)16(23)13-10-9-11-18(3,4)14-12(2)19-15(20(5)6)17(24)22(13)14/h13H,8-11H2,1-7H3. The number of carbonyl (C=O) groups excluding carboxylic acids is 1. The Kier molecular flexibility index (Phi) is 5.06. The summed E-state index contributed by atoms with van der Waals surface area (Å²) in [6, 6.07) is -0.445. The minimum absolute atomic E-state index is 0.00820. The molecule has 0 saturated carbocycles. The molecule has 0 saturated heterocycles. The van der Waals surface area contributed by atoms with Crippen molar-refractivity contribution in [2.24, 2.45) is 0 Å². The lowest BCUT2D eigenvalue weighted by atomic mass is 9.83. The van der Waals surface area contributed by atoms with E-state index in [4.69, 9.17) is 0 Å². The lowest BCUT2D eigenvalue weighted by Crippen LogP contribution is -2.42. The first-order valence-corrected chi connectivity index (χ1v) is 8.67. The summed E-state index contributed by atoms with van der Waals surface area (Å²) in [4.78, 5) is 34.1. The Bertz CT molecular complexity index is 691. The van der Waals surface area contributed by atoms with Gasteiger partial charge in [0.05, 0.1) is 5.69 Å². The van der Waals surface area contributed by atoms with Gasteiger partial charge in [0.1, 0.15) is 6.04 Å². The van der Waals surface area contributed by atoms with Crippen molar-refractivity contribution in [3.05, 3.63) is 21.7 Å². The average molecular weight is 334 g/mol. The molecule has 0 radical (unpaired) electrons. The SMILES string of the molecule is CCN(C)C(=O)C1CCCC(C)(C)c2c(C)nc(N(C)C)c(=O)n21. The molecular formula is C18H30N4O2. The van der Waals surface area contributed by atoms with Crippen LogP contribution in [0.4, 0.5) is 5.82 Å². The highest BCUT2D eigenvalue weighted by atomic mass is 16.2. The summed E-state index contributed by atoms with van der Waals surface area (Å²) in [6.07, 6.45) is 2.55. The number of nitrogens with zero attached hydrogens (tertiary/aromatic N) is 4. The number of anilines is 1. The van der Waals surface area contributed by atoms with Gasteiger partial charge >= 0.3 is 0 Å². The van der Waals surface area contributed by atoms with Crippen molar-refractivity contribution in [3.8, 4) is 0 Å². The normalized spacial score (nSPS) is 19.4. The molecule has 1 unspecified atom stereocenters. The Morgan fingerprint density at radius 3 is 2.50 bits per heavy atom. The van der Waals surface area contributed by atoms with Crippen molar-refractivity contribution in [1.29, 1.82) is 0 Å². The second-order valence-electron chi connectivity index (χ2n) is 7.58. The van der Waals surface area contributed by atoms with Gasteiger partial charge in [0, 0.05) is 38.8 Å².